The first-order valence-corrected chi connectivity index (χ1v) is 11.2. The number of nitrogens with zero attached hydrogens (tertiary/aromatic N) is 4. The molecule has 0 bridgehead atoms. The van der Waals surface area contributed by atoms with Crippen molar-refractivity contribution in [3.05, 3.63) is 65.5 Å². The number of carbonyl (C=O) groups is 1. The first-order valence-electron chi connectivity index (χ1n) is 11.2. The van der Waals surface area contributed by atoms with E-state index in [1.807, 2.05) is 67.1 Å². The van der Waals surface area contributed by atoms with E-state index in [2.05, 4.69) is 29.4 Å². The second kappa shape index (κ2) is 9.51. The molecule has 0 aliphatic heterocycles. The maximum absolute atomic E-state index is 12.6. The smallest absolute Gasteiger partial charge is 0.268 e. The molecule has 0 aliphatic carbocycles. The summed E-state index contributed by atoms with van der Waals surface area (Å²) < 4.78 is 12.8. The van der Waals surface area contributed by atoms with Crippen molar-refractivity contribution in [3.8, 4) is 34.3 Å². The fraction of sp³-hybridized carbons (Fsp3) is 0.308. The number of hydrogen-bond donors (Lipinski definition) is 1. The Morgan fingerprint density at radius 3 is 2.24 bits per heavy atom. The number of ether oxygens (including phenoxy) is 1. The molecule has 0 unspecified atom stereocenters. The second-order valence-corrected chi connectivity index (χ2v) is 8.64. The monoisotopic (exact) mass is 459 g/mol. The van der Waals surface area contributed by atoms with Crippen LogP contribution in [0.3, 0.4) is 0 Å². The van der Waals surface area contributed by atoms with Crippen molar-refractivity contribution < 1.29 is 13.9 Å². The van der Waals surface area contributed by atoms with Gasteiger partial charge < -0.3 is 14.5 Å². The van der Waals surface area contributed by atoms with Crippen LogP contribution in [0.25, 0.3) is 28.5 Å². The molecule has 1 atom stereocenters. The van der Waals surface area contributed by atoms with Gasteiger partial charge in [-0.1, -0.05) is 13.8 Å². The molecule has 4 rings (SSSR count). The first kappa shape index (κ1) is 23.2. The zero-order valence-corrected chi connectivity index (χ0v) is 20.3. The van der Waals surface area contributed by atoms with Crippen molar-refractivity contribution in [1.82, 2.24) is 25.3 Å². The number of benzene rings is 2. The lowest BCUT2D eigenvalue weighted by molar-refractivity contribution is 0.0930. The summed E-state index contributed by atoms with van der Waals surface area (Å²) in [5.41, 5.74) is 4.77. The third kappa shape index (κ3) is 4.57. The summed E-state index contributed by atoms with van der Waals surface area (Å²) >= 11 is 0. The molecule has 0 spiro atoms. The van der Waals surface area contributed by atoms with Crippen LogP contribution in [0.2, 0.25) is 0 Å². The average Bonchev–Trinajstić information content (AvgIpc) is 3.41. The van der Waals surface area contributed by atoms with Crippen LogP contribution in [0.5, 0.6) is 5.75 Å². The molecule has 8 heteroatoms. The zero-order valence-electron chi connectivity index (χ0n) is 20.3. The van der Waals surface area contributed by atoms with Crippen molar-refractivity contribution in [2.45, 2.75) is 40.7 Å². The number of nitrogens with one attached hydrogen (secondary N) is 1. The third-order valence-corrected chi connectivity index (χ3v) is 5.95. The molecular formula is C26H29N5O3. The van der Waals surface area contributed by atoms with E-state index in [0.717, 1.165) is 28.3 Å². The van der Waals surface area contributed by atoms with Crippen molar-refractivity contribution in [3.63, 3.8) is 0 Å². The van der Waals surface area contributed by atoms with Gasteiger partial charge in [-0.3, -0.25) is 4.79 Å². The van der Waals surface area contributed by atoms with E-state index in [0.29, 0.717) is 29.0 Å². The minimum atomic E-state index is -0.0956. The van der Waals surface area contributed by atoms with Gasteiger partial charge in [0, 0.05) is 29.7 Å². The zero-order chi connectivity index (χ0) is 24.4. The van der Waals surface area contributed by atoms with Gasteiger partial charge >= 0.3 is 0 Å². The maximum Gasteiger partial charge on any atom is 0.268 e. The molecule has 1 amide bonds. The highest BCUT2D eigenvalue weighted by Crippen LogP contribution is 2.34. The summed E-state index contributed by atoms with van der Waals surface area (Å²) in [6.45, 7) is 9.89. The van der Waals surface area contributed by atoms with Gasteiger partial charge in [0.1, 0.15) is 5.75 Å². The Morgan fingerprint density at radius 2 is 1.68 bits per heavy atom. The Balaban J connectivity index is 1.76. The Kier molecular flexibility index (Phi) is 6.49. The van der Waals surface area contributed by atoms with Crippen LogP contribution in [-0.4, -0.2) is 39.0 Å². The molecule has 1 N–H and O–H groups in total. The highest BCUT2D eigenvalue weighted by molar-refractivity contribution is 5.94. The summed E-state index contributed by atoms with van der Waals surface area (Å²) in [5.74, 6) is 1.87. The minimum absolute atomic E-state index is 0.0861. The summed E-state index contributed by atoms with van der Waals surface area (Å²) in [7, 11) is 1.64. The molecule has 2 heterocycles. The number of hydrogen-bond acceptors (Lipinski definition) is 6. The van der Waals surface area contributed by atoms with Crippen molar-refractivity contribution in [2.24, 2.45) is 5.92 Å². The van der Waals surface area contributed by atoms with Gasteiger partial charge in [0.15, 0.2) is 5.69 Å². The molecule has 2 aromatic carbocycles. The Bertz CT molecular complexity index is 1290. The van der Waals surface area contributed by atoms with Gasteiger partial charge in [-0.25, -0.2) is 4.68 Å². The summed E-state index contributed by atoms with van der Waals surface area (Å²) in [4.78, 5) is 12.6. The molecular weight excluding hydrogens is 430 g/mol. The van der Waals surface area contributed by atoms with E-state index in [9.17, 15) is 4.79 Å². The highest BCUT2D eigenvalue weighted by atomic mass is 16.5. The lowest BCUT2D eigenvalue weighted by atomic mass is 10.1. The summed E-state index contributed by atoms with van der Waals surface area (Å²) in [6.07, 6.45) is 0. The molecule has 2 aromatic heterocycles. The van der Waals surface area contributed by atoms with Crippen LogP contribution < -0.4 is 10.1 Å². The predicted octanol–water partition coefficient (Wildman–Crippen LogP) is 4.99. The second-order valence-electron chi connectivity index (χ2n) is 8.64. The Labute approximate surface area is 199 Å². The number of aryl methyl sites for hydroxylation is 1. The first-order chi connectivity index (χ1) is 16.3. The number of carbonyl (C=O) groups excluding carboxylic acids is 1. The maximum atomic E-state index is 12.6. The van der Waals surface area contributed by atoms with Crippen molar-refractivity contribution >= 4 is 5.91 Å². The van der Waals surface area contributed by atoms with Gasteiger partial charge in [-0.05, 0) is 68.3 Å². The lowest BCUT2D eigenvalue weighted by Crippen LogP contribution is -2.36. The minimum Gasteiger partial charge on any atom is -0.497 e. The normalized spacial score (nSPS) is 12.1. The number of methoxy groups -OCH3 is 1. The highest BCUT2D eigenvalue weighted by Gasteiger charge is 2.22. The topological polar surface area (TPSA) is 95.1 Å². The molecule has 176 valence electrons. The van der Waals surface area contributed by atoms with Gasteiger partial charge in [0.05, 0.1) is 18.5 Å². The Hall–Kier alpha value is -3.94. The van der Waals surface area contributed by atoms with Gasteiger partial charge in [-0.2, -0.15) is 5.10 Å². The van der Waals surface area contributed by atoms with Crippen LogP contribution in [-0.2, 0) is 0 Å². The molecule has 34 heavy (non-hydrogen) atoms. The largest absolute Gasteiger partial charge is 0.497 e. The van der Waals surface area contributed by atoms with Crippen molar-refractivity contribution in [1.29, 1.82) is 0 Å². The van der Waals surface area contributed by atoms with Crippen molar-refractivity contribution in [2.75, 3.05) is 7.11 Å². The van der Waals surface area contributed by atoms with Crippen LogP contribution in [0.4, 0.5) is 0 Å². The van der Waals surface area contributed by atoms with E-state index in [1.54, 1.807) is 14.0 Å². The lowest BCUT2D eigenvalue weighted by Gasteiger charge is -2.17. The molecule has 8 nitrogen and oxygen atoms in total. The van der Waals surface area contributed by atoms with Crippen LogP contribution >= 0.6 is 0 Å². The molecule has 0 saturated carbocycles. The van der Waals surface area contributed by atoms with E-state index in [1.165, 1.54) is 0 Å². The van der Waals surface area contributed by atoms with Gasteiger partial charge in [0.2, 0.25) is 5.89 Å². The summed E-state index contributed by atoms with van der Waals surface area (Å²) in [6, 6.07) is 15.3. The molecule has 0 aliphatic rings. The summed E-state index contributed by atoms with van der Waals surface area (Å²) in [5, 5.41) is 16.0. The molecule has 0 fully saturated rings. The van der Waals surface area contributed by atoms with E-state index >= 15 is 0 Å². The number of amides is 1. The molecule has 0 radical (unpaired) electrons. The van der Waals surface area contributed by atoms with Crippen LogP contribution in [0, 0.1) is 19.8 Å². The van der Waals surface area contributed by atoms with Gasteiger partial charge in [0.25, 0.3) is 11.8 Å². The Morgan fingerprint density at radius 1 is 1.00 bits per heavy atom. The SMILES string of the molecule is COc1ccc(-c2c(C)c(-c3nnc(C)o3)nn2-c2ccc(C(=O)N[C@H](C)C(C)C)cc2)cc1. The fourth-order valence-electron chi connectivity index (χ4n) is 3.58. The van der Waals surface area contributed by atoms with E-state index in [4.69, 9.17) is 14.3 Å². The molecule has 4 aromatic rings. The van der Waals surface area contributed by atoms with E-state index < -0.39 is 0 Å². The molecule has 0 saturated heterocycles. The fourth-order valence-corrected chi connectivity index (χ4v) is 3.58. The quantitative estimate of drug-likeness (QED) is 0.418. The van der Waals surface area contributed by atoms with E-state index in [-0.39, 0.29) is 11.9 Å². The standard InChI is InChI=1S/C26H29N5O3/c1-15(2)17(4)27-25(32)20-7-11-21(12-8-20)31-24(19-9-13-22(33-6)14-10-19)16(3)23(30-31)26-29-28-18(5)34-26/h7-15,17H,1-6H3,(H,27,32)/t17-/m1/s1. The van der Waals surface area contributed by atoms with Crippen LogP contribution in [0.15, 0.2) is 52.9 Å². The number of rotatable bonds is 7. The average molecular weight is 460 g/mol. The number of aromatic nitrogens is 4. The predicted molar refractivity (Wildman–Crippen MR) is 130 cm³/mol. The van der Waals surface area contributed by atoms with Gasteiger partial charge in [-0.15, -0.1) is 10.2 Å². The van der Waals surface area contributed by atoms with Crippen LogP contribution in [0.1, 0.15) is 42.6 Å². The third-order valence-electron chi connectivity index (χ3n) is 5.95.